The first-order valence-electron chi connectivity index (χ1n) is 14.8. The third-order valence-corrected chi connectivity index (χ3v) is 11.6. The Morgan fingerprint density at radius 3 is 1.19 bits per heavy atom. The van der Waals surface area contributed by atoms with Crippen molar-refractivity contribution in [3.8, 4) is 22.3 Å². The molecule has 2 atom stereocenters. The van der Waals surface area contributed by atoms with Gasteiger partial charge in [0.1, 0.15) is 0 Å². The van der Waals surface area contributed by atoms with Gasteiger partial charge in [-0.2, -0.15) is 0 Å². The number of benzene rings is 6. The van der Waals surface area contributed by atoms with E-state index < -0.39 is 5.41 Å². The molecular formula is C41H26S. The van der Waals surface area contributed by atoms with Gasteiger partial charge in [0.25, 0.3) is 0 Å². The van der Waals surface area contributed by atoms with Crippen LogP contribution in [0.15, 0.2) is 146 Å². The molecule has 0 radical (unpaired) electrons. The maximum absolute atomic E-state index is 2.42. The summed E-state index contributed by atoms with van der Waals surface area (Å²) in [4.78, 5) is 0. The number of thioether (sulfide) groups is 1. The Labute approximate surface area is 250 Å². The van der Waals surface area contributed by atoms with Crippen LogP contribution in [0.1, 0.15) is 55.0 Å². The predicted molar refractivity (Wildman–Crippen MR) is 176 cm³/mol. The van der Waals surface area contributed by atoms with Crippen LogP contribution in [0.2, 0.25) is 0 Å². The molecule has 0 amide bonds. The highest BCUT2D eigenvalue weighted by Gasteiger charge is 2.52. The summed E-state index contributed by atoms with van der Waals surface area (Å²) in [5, 5.41) is 0.653. The van der Waals surface area contributed by atoms with Crippen molar-refractivity contribution in [3.63, 3.8) is 0 Å². The summed E-state index contributed by atoms with van der Waals surface area (Å²) in [6, 6.07) is 55.2. The molecule has 0 aromatic heterocycles. The summed E-state index contributed by atoms with van der Waals surface area (Å²) in [5.41, 5.74) is 19.1. The van der Waals surface area contributed by atoms with Crippen LogP contribution in [0, 0.1) is 0 Å². The molecule has 6 aromatic rings. The fourth-order valence-electron chi connectivity index (χ4n) is 8.58. The van der Waals surface area contributed by atoms with E-state index in [1.807, 2.05) is 0 Å². The van der Waals surface area contributed by atoms with E-state index in [2.05, 4.69) is 157 Å². The van der Waals surface area contributed by atoms with E-state index in [0.717, 1.165) is 0 Å². The lowest BCUT2D eigenvalue weighted by Crippen LogP contribution is -2.30. The Kier molecular flexibility index (Phi) is 4.52. The number of hydrogen-bond acceptors (Lipinski definition) is 1. The molecule has 2 aliphatic heterocycles. The van der Waals surface area contributed by atoms with Crippen molar-refractivity contribution in [2.75, 3.05) is 0 Å². The molecule has 6 aromatic carbocycles. The minimum absolute atomic E-state index is 0.320. The normalized spacial score (nSPS) is 19.4. The van der Waals surface area contributed by atoms with Crippen molar-refractivity contribution in [1.29, 1.82) is 0 Å². The minimum Gasteiger partial charge on any atom is -0.136 e. The molecule has 0 saturated carbocycles. The van der Waals surface area contributed by atoms with E-state index in [0.29, 0.717) is 10.5 Å². The Balaban J connectivity index is 1.45. The zero-order chi connectivity index (χ0) is 27.4. The van der Waals surface area contributed by atoms with Gasteiger partial charge in [-0.05, 0) is 77.9 Å². The van der Waals surface area contributed by atoms with Gasteiger partial charge in [0.2, 0.25) is 0 Å². The lowest BCUT2D eigenvalue weighted by atomic mass is 9.64. The third-order valence-electron chi connectivity index (χ3n) is 10.1. The fraction of sp³-hybridized carbons (Fsp3) is 0.0732. The van der Waals surface area contributed by atoms with Crippen LogP contribution in [0.5, 0.6) is 0 Å². The van der Waals surface area contributed by atoms with Crippen LogP contribution in [-0.2, 0) is 5.41 Å². The average Bonchev–Trinajstić information content (AvgIpc) is 3.73. The molecule has 2 aliphatic carbocycles. The molecule has 1 spiro atoms. The van der Waals surface area contributed by atoms with Crippen molar-refractivity contribution in [3.05, 3.63) is 190 Å². The summed E-state index contributed by atoms with van der Waals surface area (Å²) in [6.07, 6.45) is 0. The fourth-order valence-corrected chi connectivity index (χ4v) is 10.4. The van der Waals surface area contributed by atoms with Gasteiger partial charge in [-0.1, -0.05) is 146 Å². The lowest BCUT2D eigenvalue weighted by molar-refractivity contribution is 0.767. The summed E-state index contributed by atoms with van der Waals surface area (Å²) >= 11 is 2.13. The molecule has 42 heavy (non-hydrogen) atoms. The predicted octanol–water partition coefficient (Wildman–Crippen LogP) is 10.5. The summed E-state index contributed by atoms with van der Waals surface area (Å²) in [7, 11) is 0. The zero-order valence-corrected chi connectivity index (χ0v) is 23.7. The Morgan fingerprint density at radius 1 is 0.333 bits per heavy atom. The van der Waals surface area contributed by atoms with E-state index in [-0.39, 0.29) is 0 Å². The monoisotopic (exact) mass is 550 g/mol. The Bertz CT molecular complexity index is 2100. The highest BCUT2D eigenvalue weighted by atomic mass is 32.2. The smallest absolute Gasteiger partial charge is 0.0725 e. The van der Waals surface area contributed by atoms with Crippen molar-refractivity contribution in [2.24, 2.45) is 0 Å². The van der Waals surface area contributed by atoms with E-state index in [9.17, 15) is 0 Å². The van der Waals surface area contributed by atoms with Crippen LogP contribution >= 0.6 is 11.8 Å². The first-order valence-corrected chi connectivity index (χ1v) is 15.8. The third kappa shape index (κ3) is 2.67. The second kappa shape index (κ2) is 8.25. The number of rotatable bonds is 0. The largest absolute Gasteiger partial charge is 0.136 e. The van der Waals surface area contributed by atoms with Gasteiger partial charge in [-0.25, -0.2) is 0 Å². The Hall–Kier alpha value is -4.59. The van der Waals surface area contributed by atoms with Crippen LogP contribution < -0.4 is 0 Å². The molecule has 0 saturated heterocycles. The molecule has 2 heterocycles. The molecule has 196 valence electrons. The highest BCUT2D eigenvalue weighted by molar-refractivity contribution is 8.01. The zero-order valence-electron chi connectivity index (χ0n) is 22.9. The number of fused-ring (bicyclic) bond motifs is 20. The standard InChI is InChI=1S/C41H26S/c1-2-17-29-25(13-1)26-14-5-9-21-33(26)41(34-22-10-6-15-27(34)28-16-7-11-23-35(28)41)36-24-12-8-20-32(36)38-37(29)39-30-18-3-4-19-31(30)40(38)42-39/h1-24,39-40H. The van der Waals surface area contributed by atoms with Crippen LogP contribution in [-0.4, -0.2) is 0 Å². The SMILES string of the molecule is c1ccc2c(c1)C1=C(c3ccccc3C3(c4ccccc4-2)c2ccccc2-c2ccccc23)C2SC1c1ccccc12. The van der Waals surface area contributed by atoms with E-state index in [1.165, 1.54) is 77.9 Å². The van der Waals surface area contributed by atoms with Gasteiger partial charge in [-0.15, -0.1) is 11.8 Å². The van der Waals surface area contributed by atoms with Crippen molar-refractivity contribution < 1.29 is 0 Å². The molecule has 0 nitrogen and oxygen atoms in total. The minimum atomic E-state index is -0.443. The highest BCUT2D eigenvalue weighted by Crippen LogP contribution is 2.71. The summed E-state index contributed by atoms with van der Waals surface area (Å²) < 4.78 is 0. The molecule has 10 rings (SSSR count). The first kappa shape index (κ1) is 23.0. The van der Waals surface area contributed by atoms with Gasteiger partial charge < -0.3 is 0 Å². The summed E-state index contributed by atoms with van der Waals surface area (Å²) in [6.45, 7) is 0. The first-order chi connectivity index (χ1) is 20.9. The van der Waals surface area contributed by atoms with E-state index in [4.69, 9.17) is 0 Å². The van der Waals surface area contributed by atoms with Crippen molar-refractivity contribution >= 4 is 22.9 Å². The van der Waals surface area contributed by atoms with Crippen molar-refractivity contribution in [1.82, 2.24) is 0 Å². The van der Waals surface area contributed by atoms with Gasteiger partial charge in [0.15, 0.2) is 0 Å². The molecular weight excluding hydrogens is 525 g/mol. The Morgan fingerprint density at radius 2 is 0.667 bits per heavy atom. The number of hydrogen-bond donors (Lipinski definition) is 0. The second-order valence-corrected chi connectivity index (χ2v) is 13.0. The molecule has 2 bridgehead atoms. The second-order valence-electron chi connectivity index (χ2n) is 11.8. The van der Waals surface area contributed by atoms with E-state index in [1.54, 1.807) is 0 Å². The quantitative estimate of drug-likeness (QED) is 0.181. The van der Waals surface area contributed by atoms with Crippen LogP contribution in [0.3, 0.4) is 0 Å². The lowest BCUT2D eigenvalue weighted by Gasteiger charge is -2.37. The maximum Gasteiger partial charge on any atom is 0.0725 e. The molecule has 4 aliphatic rings. The van der Waals surface area contributed by atoms with Crippen molar-refractivity contribution in [2.45, 2.75) is 15.9 Å². The van der Waals surface area contributed by atoms with Gasteiger partial charge in [0, 0.05) is 0 Å². The van der Waals surface area contributed by atoms with Gasteiger partial charge >= 0.3 is 0 Å². The van der Waals surface area contributed by atoms with Gasteiger partial charge in [-0.3, -0.25) is 0 Å². The van der Waals surface area contributed by atoms with Gasteiger partial charge in [0.05, 0.1) is 15.9 Å². The maximum atomic E-state index is 2.42. The van der Waals surface area contributed by atoms with Crippen LogP contribution in [0.25, 0.3) is 33.4 Å². The molecule has 1 heteroatoms. The topological polar surface area (TPSA) is 0 Å². The average molecular weight is 551 g/mol. The molecule has 0 fully saturated rings. The molecule has 0 N–H and O–H groups in total. The van der Waals surface area contributed by atoms with Crippen LogP contribution in [0.4, 0.5) is 0 Å². The van der Waals surface area contributed by atoms with E-state index >= 15 is 0 Å². The summed E-state index contributed by atoms with van der Waals surface area (Å²) in [5.74, 6) is 0. The molecule has 2 unspecified atom stereocenters.